The Morgan fingerprint density at radius 2 is 1.39 bits per heavy atom. The molecule has 0 heterocycles. The van der Waals surface area contributed by atoms with Crippen LogP contribution in [0.5, 0.6) is 0 Å². The van der Waals surface area contributed by atoms with Gasteiger partial charge in [0.15, 0.2) is 0 Å². The summed E-state index contributed by atoms with van der Waals surface area (Å²) in [5.74, 6) is -5.27. The number of hydrogen-bond donors (Lipinski definition) is 7. The summed E-state index contributed by atoms with van der Waals surface area (Å²) in [6.45, 7) is 3.78. The van der Waals surface area contributed by atoms with Crippen molar-refractivity contribution in [2.45, 2.75) is 57.8 Å². The van der Waals surface area contributed by atoms with Crippen molar-refractivity contribution in [3.63, 3.8) is 0 Å². The average Bonchev–Trinajstić information content (AvgIpc) is 2.58. The molecule has 0 aromatic rings. The number of amides is 3. The Morgan fingerprint density at radius 3 is 1.82 bits per heavy atom. The molecule has 0 radical (unpaired) electrons. The Balaban J connectivity index is 5.06. The summed E-state index contributed by atoms with van der Waals surface area (Å²) in [4.78, 5) is 57.7. The highest BCUT2D eigenvalue weighted by Gasteiger charge is 2.32. The lowest BCUT2D eigenvalue weighted by Crippen LogP contribution is -2.59. The lowest BCUT2D eigenvalue weighted by molar-refractivity contribution is -0.140. The predicted molar refractivity (Wildman–Crippen MR) is 95.9 cm³/mol. The fourth-order valence-corrected chi connectivity index (χ4v) is 2.13. The molecule has 28 heavy (non-hydrogen) atoms. The highest BCUT2D eigenvalue weighted by molar-refractivity contribution is 5.94. The molecule has 0 fully saturated rings. The second kappa shape index (κ2) is 11.9. The number of carbonyl (C=O) groups is 5. The largest absolute Gasteiger partial charge is 0.481 e. The summed E-state index contributed by atoms with van der Waals surface area (Å²) in [6.07, 6.45) is -1.78. The molecule has 0 saturated heterocycles. The molecule has 4 unspecified atom stereocenters. The average molecular weight is 404 g/mol. The summed E-state index contributed by atoms with van der Waals surface area (Å²) >= 11 is 0. The quantitative estimate of drug-likeness (QED) is 0.181. The molecular formula is C16H28N4O8. The van der Waals surface area contributed by atoms with Crippen molar-refractivity contribution in [1.29, 1.82) is 0 Å². The Kier molecular flexibility index (Phi) is 10.7. The van der Waals surface area contributed by atoms with E-state index in [4.69, 9.17) is 15.9 Å². The first-order valence-electron chi connectivity index (χ1n) is 8.62. The lowest BCUT2D eigenvalue weighted by atomic mass is 10.0. The topological polar surface area (TPSA) is 208 Å². The van der Waals surface area contributed by atoms with Gasteiger partial charge in [-0.15, -0.1) is 0 Å². The minimum Gasteiger partial charge on any atom is -0.481 e. The molecule has 0 aliphatic heterocycles. The normalized spacial score (nSPS) is 15.1. The van der Waals surface area contributed by atoms with E-state index in [1.807, 2.05) is 5.32 Å². The van der Waals surface area contributed by atoms with Crippen LogP contribution in [0.4, 0.5) is 0 Å². The number of aliphatic hydroxyl groups is 1. The predicted octanol–water partition coefficient (Wildman–Crippen LogP) is -2.61. The Hall–Kier alpha value is -2.73. The third-order valence-corrected chi connectivity index (χ3v) is 3.73. The summed E-state index contributed by atoms with van der Waals surface area (Å²) in [6, 6.07) is -3.70. The monoisotopic (exact) mass is 404 g/mol. The molecule has 0 saturated carbocycles. The first-order valence-corrected chi connectivity index (χ1v) is 8.62. The van der Waals surface area contributed by atoms with E-state index >= 15 is 0 Å². The zero-order valence-corrected chi connectivity index (χ0v) is 16.0. The first kappa shape index (κ1) is 25.3. The standard InChI is InChI=1S/C16H28N4O8/c1-7(2)12(19-14(26)9(17)4-5-10(22)23)16(28)20-13(8(3)21)15(27)18-6-11(24)25/h7-9,12-13,21H,4-6,17H2,1-3H3,(H,18,27)(H,19,26)(H,20,28)(H,22,23)(H,24,25). The van der Waals surface area contributed by atoms with E-state index in [0.29, 0.717) is 0 Å². The van der Waals surface area contributed by atoms with Crippen molar-refractivity contribution < 1.29 is 39.3 Å². The van der Waals surface area contributed by atoms with Crippen LogP contribution in [0.2, 0.25) is 0 Å². The number of carbonyl (C=O) groups excluding carboxylic acids is 3. The van der Waals surface area contributed by atoms with Gasteiger partial charge in [0.05, 0.1) is 12.1 Å². The fourth-order valence-electron chi connectivity index (χ4n) is 2.13. The van der Waals surface area contributed by atoms with Crippen molar-refractivity contribution in [1.82, 2.24) is 16.0 Å². The van der Waals surface area contributed by atoms with E-state index in [-0.39, 0.29) is 12.8 Å². The molecule has 8 N–H and O–H groups in total. The number of nitrogens with one attached hydrogen (secondary N) is 3. The second-order valence-corrected chi connectivity index (χ2v) is 6.61. The van der Waals surface area contributed by atoms with Crippen molar-refractivity contribution in [3.05, 3.63) is 0 Å². The maximum Gasteiger partial charge on any atom is 0.322 e. The number of aliphatic carboxylic acids is 2. The van der Waals surface area contributed by atoms with Crippen LogP contribution in [0.15, 0.2) is 0 Å². The SMILES string of the molecule is CC(C)C(NC(=O)C(N)CCC(=O)O)C(=O)NC(C(=O)NCC(=O)O)C(C)O. The highest BCUT2D eigenvalue weighted by Crippen LogP contribution is 2.05. The molecule has 0 aromatic carbocycles. The Morgan fingerprint density at radius 1 is 0.857 bits per heavy atom. The van der Waals surface area contributed by atoms with Gasteiger partial charge in [-0.25, -0.2) is 0 Å². The number of hydrogen-bond acceptors (Lipinski definition) is 7. The highest BCUT2D eigenvalue weighted by atomic mass is 16.4. The molecule has 0 aliphatic carbocycles. The maximum absolute atomic E-state index is 12.5. The zero-order chi connectivity index (χ0) is 22.0. The minimum atomic E-state index is -1.44. The van der Waals surface area contributed by atoms with E-state index < -0.39 is 66.4 Å². The molecule has 0 bridgehead atoms. The van der Waals surface area contributed by atoms with E-state index in [2.05, 4.69) is 10.6 Å². The molecule has 0 aromatic heterocycles. The minimum absolute atomic E-state index is 0.124. The summed E-state index contributed by atoms with van der Waals surface area (Å²) in [5.41, 5.74) is 5.61. The molecule has 160 valence electrons. The van der Waals surface area contributed by atoms with Gasteiger partial charge in [0.1, 0.15) is 18.6 Å². The van der Waals surface area contributed by atoms with Crippen molar-refractivity contribution >= 4 is 29.7 Å². The van der Waals surface area contributed by atoms with Gasteiger partial charge in [0.2, 0.25) is 17.7 Å². The van der Waals surface area contributed by atoms with Crippen LogP contribution in [-0.4, -0.2) is 75.8 Å². The van der Waals surface area contributed by atoms with Gasteiger partial charge in [-0.3, -0.25) is 24.0 Å². The Bertz CT molecular complexity index is 593. The number of rotatable bonds is 12. The van der Waals surface area contributed by atoms with Crippen molar-refractivity contribution in [2.24, 2.45) is 11.7 Å². The van der Waals surface area contributed by atoms with Gasteiger partial charge < -0.3 is 37.0 Å². The van der Waals surface area contributed by atoms with Gasteiger partial charge >= 0.3 is 11.9 Å². The van der Waals surface area contributed by atoms with Crippen molar-refractivity contribution in [3.8, 4) is 0 Å². The van der Waals surface area contributed by atoms with Crippen LogP contribution >= 0.6 is 0 Å². The lowest BCUT2D eigenvalue weighted by Gasteiger charge is -2.27. The van der Waals surface area contributed by atoms with Gasteiger partial charge in [-0.2, -0.15) is 0 Å². The third-order valence-electron chi connectivity index (χ3n) is 3.73. The summed E-state index contributed by atoms with van der Waals surface area (Å²) in [7, 11) is 0. The van der Waals surface area contributed by atoms with E-state index in [1.54, 1.807) is 13.8 Å². The molecule has 3 amide bonds. The van der Waals surface area contributed by atoms with Crippen molar-refractivity contribution in [2.75, 3.05) is 6.54 Å². The van der Waals surface area contributed by atoms with Crippen LogP contribution in [0.3, 0.4) is 0 Å². The van der Waals surface area contributed by atoms with Crippen LogP contribution < -0.4 is 21.7 Å². The van der Waals surface area contributed by atoms with Gasteiger partial charge in [-0.1, -0.05) is 13.8 Å². The van der Waals surface area contributed by atoms with E-state index in [9.17, 15) is 29.1 Å². The molecule has 4 atom stereocenters. The third kappa shape index (κ3) is 9.28. The van der Waals surface area contributed by atoms with E-state index in [1.165, 1.54) is 6.92 Å². The molecule has 12 nitrogen and oxygen atoms in total. The second-order valence-electron chi connectivity index (χ2n) is 6.61. The number of aliphatic hydroxyl groups excluding tert-OH is 1. The van der Waals surface area contributed by atoms with Gasteiger partial charge in [0, 0.05) is 6.42 Å². The molecule has 0 spiro atoms. The first-order chi connectivity index (χ1) is 12.9. The summed E-state index contributed by atoms with van der Waals surface area (Å²) in [5, 5.41) is 33.7. The van der Waals surface area contributed by atoms with Crippen LogP contribution in [0.1, 0.15) is 33.6 Å². The molecule has 0 aliphatic rings. The fraction of sp³-hybridized carbons (Fsp3) is 0.688. The number of carboxylic acids is 2. The van der Waals surface area contributed by atoms with Gasteiger partial charge in [-0.05, 0) is 19.3 Å². The zero-order valence-electron chi connectivity index (χ0n) is 16.0. The van der Waals surface area contributed by atoms with Crippen LogP contribution in [0, 0.1) is 5.92 Å². The van der Waals surface area contributed by atoms with Gasteiger partial charge in [0.25, 0.3) is 0 Å². The maximum atomic E-state index is 12.5. The molecule has 0 rings (SSSR count). The molecule has 12 heteroatoms. The Labute approximate surface area is 161 Å². The van der Waals surface area contributed by atoms with Crippen LogP contribution in [0.25, 0.3) is 0 Å². The van der Waals surface area contributed by atoms with E-state index in [0.717, 1.165) is 0 Å². The smallest absolute Gasteiger partial charge is 0.322 e. The molecular weight excluding hydrogens is 376 g/mol. The summed E-state index contributed by atoms with van der Waals surface area (Å²) < 4.78 is 0. The van der Waals surface area contributed by atoms with Crippen LogP contribution in [-0.2, 0) is 24.0 Å². The number of nitrogens with two attached hydrogens (primary N) is 1. The number of carboxylic acid groups (broad SMARTS) is 2.